The summed E-state index contributed by atoms with van der Waals surface area (Å²) in [7, 11) is -4.54. The van der Waals surface area contributed by atoms with E-state index in [2.05, 4.69) is 33.4 Å². The molecule has 0 fully saturated rings. The third kappa shape index (κ3) is 10.9. The third-order valence-electron chi connectivity index (χ3n) is 5.76. The van der Waals surface area contributed by atoms with Crippen molar-refractivity contribution in [3.63, 3.8) is 0 Å². The molecule has 8 N–H and O–H groups in total. The number of primary amides is 2. The Morgan fingerprint density at radius 2 is 1.70 bits per heavy atom. The molecule has 0 saturated carbocycles. The van der Waals surface area contributed by atoms with Crippen LogP contribution in [0.4, 0.5) is 10.5 Å². The first-order chi connectivity index (χ1) is 18.9. The molecule has 0 spiro atoms. The number of hydrogen-bond donors (Lipinski definition) is 6. The van der Waals surface area contributed by atoms with Crippen molar-refractivity contribution in [1.82, 2.24) is 10.6 Å². The van der Waals surface area contributed by atoms with E-state index < -0.39 is 19.8 Å². The first-order valence-electron chi connectivity index (χ1n) is 12.4. The molecule has 2 aliphatic rings. The van der Waals surface area contributed by atoms with Crippen LogP contribution in [0.1, 0.15) is 36.5 Å². The zero-order valence-electron chi connectivity index (χ0n) is 22.0. The van der Waals surface area contributed by atoms with Gasteiger partial charge in [-0.25, -0.2) is 9.36 Å². The first kappa shape index (κ1) is 32.0. The lowest BCUT2D eigenvalue weighted by Crippen LogP contribution is -2.34. The number of urea groups is 1. The summed E-state index contributed by atoms with van der Waals surface area (Å²) < 4.78 is 14.9. The van der Waals surface area contributed by atoms with Crippen molar-refractivity contribution in [3.8, 4) is 5.75 Å². The van der Waals surface area contributed by atoms with Crippen LogP contribution in [0.15, 0.2) is 48.5 Å². The van der Waals surface area contributed by atoms with Crippen LogP contribution in [0, 0.1) is 0 Å². The highest BCUT2D eigenvalue weighted by atomic mass is 31.2. The summed E-state index contributed by atoms with van der Waals surface area (Å²) in [5.41, 5.74) is 15.0. The van der Waals surface area contributed by atoms with Gasteiger partial charge in [0.15, 0.2) is 0 Å². The van der Waals surface area contributed by atoms with Crippen LogP contribution in [0.2, 0.25) is 0 Å². The summed E-state index contributed by atoms with van der Waals surface area (Å²) >= 11 is 0. The van der Waals surface area contributed by atoms with Gasteiger partial charge in [-0.2, -0.15) is 0 Å². The number of carbonyl (C=O) groups excluding carboxylic acids is 4. The zero-order valence-corrected chi connectivity index (χ0v) is 22.9. The molecular weight excluding hydrogens is 541 g/mol. The number of aryl methyl sites for hydroxylation is 1. The van der Waals surface area contributed by atoms with Crippen LogP contribution in [0.3, 0.4) is 0 Å². The minimum Gasteiger partial charge on any atom is -0.404 e. The van der Waals surface area contributed by atoms with Crippen molar-refractivity contribution < 1.29 is 38.1 Å². The number of rotatable bonds is 8. The molecule has 0 aliphatic carbocycles. The Labute approximate surface area is 231 Å². The second-order valence-corrected chi connectivity index (χ2v) is 9.94. The van der Waals surface area contributed by atoms with Gasteiger partial charge < -0.3 is 31.5 Å². The smallest absolute Gasteiger partial charge is 0.404 e. The quantitative estimate of drug-likeness (QED) is 0.117. The van der Waals surface area contributed by atoms with E-state index in [1.54, 1.807) is 19.1 Å². The van der Waals surface area contributed by atoms with Crippen molar-refractivity contribution in [3.05, 3.63) is 65.2 Å². The number of allylic oxidation sites excluding steroid dienone is 1. The molecule has 14 heteroatoms. The molecule has 13 nitrogen and oxygen atoms in total. The van der Waals surface area contributed by atoms with Crippen LogP contribution >= 0.6 is 7.82 Å². The second-order valence-electron chi connectivity index (χ2n) is 8.77. The number of anilines is 1. The van der Waals surface area contributed by atoms with Gasteiger partial charge in [0.05, 0.1) is 5.69 Å². The number of phosphoric ester groups is 1. The highest BCUT2D eigenvalue weighted by Crippen LogP contribution is 2.38. The normalized spacial score (nSPS) is 13.8. The predicted molar refractivity (Wildman–Crippen MR) is 149 cm³/mol. The summed E-state index contributed by atoms with van der Waals surface area (Å²) in [5.74, 6) is -0.194. The van der Waals surface area contributed by atoms with Crippen molar-refractivity contribution in [2.45, 2.75) is 32.6 Å². The van der Waals surface area contributed by atoms with Gasteiger partial charge in [-0.05, 0) is 60.6 Å². The average molecular weight is 576 g/mol. The average Bonchev–Trinajstić information content (AvgIpc) is 3.24. The van der Waals surface area contributed by atoms with Crippen molar-refractivity contribution in [2.75, 3.05) is 24.5 Å². The van der Waals surface area contributed by atoms with Gasteiger partial charge in [-0.15, -0.1) is 0 Å². The standard InChI is InChI=1S/C12H13NO.C10H12NO5P.C4H9N3O2/c14-11-6-2-5-9-3-1-4-10-7-8-13(11)12(9)10;1-7(6-10(11)12)8-2-4-9(5-3-8)16-17(13,14)15;5-4(9)7-2-1-6-3-8/h1,3-4H,2,5-8H2;2-6H,1H3,(H2,11,12)(H2,13,14,15);3H,1-2H2,(H,6,8)(H3,5,7,9)/b;7-6+;. The molecule has 0 bridgehead atoms. The van der Waals surface area contributed by atoms with Gasteiger partial charge in [-0.3, -0.25) is 24.2 Å². The largest absolute Gasteiger partial charge is 0.524 e. The fraction of sp³-hybridized carbons (Fsp3) is 0.308. The van der Waals surface area contributed by atoms with Crippen LogP contribution in [-0.2, 0) is 31.8 Å². The van der Waals surface area contributed by atoms with Gasteiger partial charge in [0, 0.05) is 32.1 Å². The van der Waals surface area contributed by atoms with E-state index in [1.807, 2.05) is 4.90 Å². The van der Waals surface area contributed by atoms with Gasteiger partial charge >= 0.3 is 13.9 Å². The fourth-order valence-electron chi connectivity index (χ4n) is 4.08. The molecule has 2 aromatic rings. The maximum Gasteiger partial charge on any atom is 0.524 e. The van der Waals surface area contributed by atoms with Crippen molar-refractivity contribution >= 4 is 43.3 Å². The summed E-state index contributed by atoms with van der Waals surface area (Å²) in [4.78, 5) is 61.1. The topological polar surface area (TPSA) is 214 Å². The van der Waals surface area contributed by atoms with E-state index in [9.17, 15) is 23.7 Å². The maximum absolute atomic E-state index is 11.8. The number of nitrogens with two attached hydrogens (primary N) is 2. The van der Waals surface area contributed by atoms with Gasteiger partial charge in [-0.1, -0.05) is 30.3 Å². The lowest BCUT2D eigenvalue weighted by Gasteiger charge is -2.16. The Morgan fingerprint density at radius 1 is 1.05 bits per heavy atom. The van der Waals surface area contributed by atoms with E-state index in [0.717, 1.165) is 25.8 Å². The maximum atomic E-state index is 11.8. The van der Waals surface area contributed by atoms with Gasteiger partial charge in [0.25, 0.3) is 0 Å². The minimum absolute atomic E-state index is 0.0500. The van der Waals surface area contributed by atoms with Crippen molar-refractivity contribution in [2.24, 2.45) is 11.5 Å². The molecule has 2 aromatic carbocycles. The molecule has 2 heterocycles. The number of nitrogens with zero attached hydrogens (tertiary/aromatic N) is 1. The highest BCUT2D eigenvalue weighted by molar-refractivity contribution is 7.46. The number of nitrogens with one attached hydrogen (secondary N) is 2. The lowest BCUT2D eigenvalue weighted by atomic mass is 10.0. The Hall–Kier alpha value is -4.19. The summed E-state index contributed by atoms with van der Waals surface area (Å²) in [6, 6.07) is 11.8. The number of benzene rings is 2. The van der Waals surface area contributed by atoms with E-state index in [-0.39, 0.29) is 5.75 Å². The monoisotopic (exact) mass is 575 g/mol. The van der Waals surface area contributed by atoms with Crippen LogP contribution in [0.5, 0.6) is 5.75 Å². The highest BCUT2D eigenvalue weighted by Gasteiger charge is 2.28. The number of carbonyl (C=O) groups is 4. The molecule has 0 radical (unpaired) electrons. The molecule has 2 aliphatic heterocycles. The van der Waals surface area contributed by atoms with Gasteiger partial charge in [0.1, 0.15) is 5.75 Å². The van der Waals surface area contributed by atoms with E-state index in [0.29, 0.717) is 43.0 Å². The SMILES string of the molecule is C/C(=C\C(N)=O)c1ccc(OP(=O)(O)O)cc1.NC(=O)NCCNC=O.O=C1CCCc2cccc3c2N1CC3. The molecule has 0 atom stereocenters. The van der Waals surface area contributed by atoms with Crippen LogP contribution < -0.4 is 31.5 Å². The Kier molecular flexibility index (Phi) is 12.3. The lowest BCUT2D eigenvalue weighted by molar-refractivity contribution is -0.118. The van der Waals surface area contributed by atoms with E-state index in [1.165, 1.54) is 35.0 Å². The Bertz CT molecular complexity index is 1280. The number of phosphoric acid groups is 1. The minimum atomic E-state index is -4.54. The molecule has 40 heavy (non-hydrogen) atoms. The number of amides is 5. The van der Waals surface area contributed by atoms with E-state index >= 15 is 0 Å². The summed E-state index contributed by atoms with van der Waals surface area (Å²) in [6.07, 6.45) is 5.64. The predicted octanol–water partition coefficient (Wildman–Crippen LogP) is 1.36. The number of hydrogen-bond acceptors (Lipinski definition) is 6. The molecule has 216 valence electrons. The number of para-hydroxylation sites is 1. The van der Waals surface area contributed by atoms with Crippen LogP contribution in [0.25, 0.3) is 5.57 Å². The molecule has 0 unspecified atom stereocenters. The molecule has 0 saturated heterocycles. The molecule has 5 amide bonds. The Morgan fingerprint density at radius 3 is 2.27 bits per heavy atom. The molecular formula is C26H34N5O8P. The molecule has 4 rings (SSSR count). The third-order valence-corrected chi connectivity index (χ3v) is 6.21. The van der Waals surface area contributed by atoms with Crippen molar-refractivity contribution in [1.29, 1.82) is 0 Å². The second kappa shape index (κ2) is 15.4. The first-order valence-corrected chi connectivity index (χ1v) is 13.9. The summed E-state index contributed by atoms with van der Waals surface area (Å²) in [5, 5.41) is 4.65. The summed E-state index contributed by atoms with van der Waals surface area (Å²) in [6.45, 7) is 3.37. The van der Waals surface area contributed by atoms with Crippen LogP contribution in [-0.4, -0.2) is 53.7 Å². The Balaban J connectivity index is 0.000000220. The fourth-order valence-corrected chi connectivity index (χ4v) is 4.48. The molecule has 0 aromatic heterocycles. The van der Waals surface area contributed by atoms with E-state index in [4.69, 9.17) is 21.3 Å². The zero-order chi connectivity index (χ0) is 29.7. The van der Waals surface area contributed by atoms with Gasteiger partial charge in [0.2, 0.25) is 18.2 Å².